The molecule has 0 bridgehead atoms. The molecule has 140 valence electrons. The molecule has 1 aromatic heterocycles. The standard InChI is InChI=1S/C23H19NO4/c1-15-6-5-8-17(12-15)23(25)27-18-10-11-19-20(24-28-22(19)14-18)13-16-7-3-4-9-21(16)26-2/h3-12,14H,13H2,1-2H3. The molecule has 5 nitrogen and oxygen atoms in total. The summed E-state index contributed by atoms with van der Waals surface area (Å²) in [6.07, 6.45) is 0.583. The molecule has 0 saturated carbocycles. The number of hydrogen-bond acceptors (Lipinski definition) is 5. The molecule has 0 fully saturated rings. The zero-order valence-corrected chi connectivity index (χ0v) is 15.6. The molecule has 0 saturated heterocycles. The number of carbonyl (C=O) groups excluding carboxylic acids is 1. The Morgan fingerprint density at radius 1 is 1.04 bits per heavy atom. The maximum Gasteiger partial charge on any atom is 0.343 e. The number of aryl methyl sites for hydroxylation is 1. The van der Waals surface area contributed by atoms with Crippen molar-refractivity contribution in [3.05, 3.63) is 89.1 Å². The Labute approximate surface area is 162 Å². The second-order valence-electron chi connectivity index (χ2n) is 6.53. The Balaban J connectivity index is 1.57. The molecule has 0 unspecified atom stereocenters. The third-order valence-corrected chi connectivity index (χ3v) is 4.53. The number of fused-ring (bicyclic) bond motifs is 1. The van der Waals surface area contributed by atoms with Crippen LogP contribution in [0.15, 0.2) is 71.3 Å². The Hall–Kier alpha value is -3.60. The highest BCUT2D eigenvalue weighted by atomic mass is 16.5. The molecule has 0 spiro atoms. The number of nitrogens with zero attached hydrogens (tertiary/aromatic N) is 1. The van der Waals surface area contributed by atoms with Gasteiger partial charge in [-0.25, -0.2) is 4.79 Å². The van der Waals surface area contributed by atoms with E-state index in [9.17, 15) is 4.79 Å². The normalized spacial score (nSPS) is 10.8. The molecule has 0 N–H and O–H groups in total. The Morgan fingerprint density at radius 2 is 1.89 bits per heavy atom. The van der Waals surface area contributed by atoms with Crippen LogP contribution < -0.4 is 9.47 Å². The number of benzene rings is 3. The van der Waals surface area contributed by atoms with E-state index in [2.05, 4.69) is 5.16 Å². The van der Waals surface area contributed by atoms with E-state index in [0.717, 1.165) is 28.0 Å². The number of para-hydroxylation sites is 1. The van der Waals surface area contributed by atoms with E-state index >= 15 is 0 Å². The Bertz CT molecular complexity index is 1150. The predicted octanol–water partition coefficient (Wildman–Crippen LogP) is 4.95. The van der Waals surface area contributed by atoms with Gasteiger partial charge >= 0.3 is 5.97 Å². The average Bonchev–Trinajstić information content (AvgIpc) is 3.10. The average molecular weight is 373 g/mol. The SMILES string of the molecule is COc1ccccc1Cc1noc2cc(OC(=O)c3cccc(C)c3)ccc12. The van der Waals surface area contributed by atoms with Gasteiger partial charge in [-0.1, -0.05) is 41.1 Å². The number of hydrogen-bond donors (Lipinski definition) is 0. The number of carbonyl (C=O) groups is 1. The molecule has 1 heterocycles. The first-order valence-corrected chi connectivity index (χ1v) is 8.93. The summed E-state index contributed by atoms with van der Waals surface area (Å²) in [5.41, 5.74) is 3.90. The quantitative estimate of drug-likeness (QED) is 0.366. The summed E-state index contributed by atoms with van der Waals surface area (Å²) >= 11 is 0. The van der Waals surface area contributed by atoms with Crippen LogP contribution in [0, 0.1) is 6.92 Å². The molecule has 0 aliphatic carbocycles. The molecule has 0 atom stereocenters. The van der Waals surface area contributed by atoms with Gasteiger partial charge in [0.05, 0.1) is 18.4 Å². The van der Waals surface area contributed by atoms with E-state index in [-0.39, 0.29) is 0 Å². The summed E-state index contributed by atoms with van der Waals surface area (Å²) in [7, 11) is 1.65. The van der Waals surface area contributed by atoms with Crippen LogP contribution in [0.1, 0.15) is 27.2 Å². The van der Waals surface area contributed by atoms with E-state index in [1.807, 2.05) is 49.4 Å². The van der Waals surface area contributed by atoms with Crippen LogP contribution in [0.4, 0.5) is 0 Å². The molecular weight excluding hydrogens is 354 g/mol. The summed E-state index contributed by atoms with van der Waals surface area (Å²) in [6, 6.07) is 20.4. The molecule has 28 heavy (non-hydrogen) atoms. The first-order valence-electron chi connectivity index (χ1n) is 8.93. The van der Waals surface area contributed by atoms with Crippen molar-refractivity contribution in [2.24, 2.45) is 0 Å². The molecule has 0 aliphatic rings. The number of methoxy groups -OCH3 is 1. The highest BCUT2D eigenvalue weighted by Gasteiger charge is 2.14. The topological polar surface area (TPSA) is 61.6 Å². The summed E-state index contributed by atoms with van der Waals surface area (Å²) in [6.45, 7) is 1.93. The van der Waals surface area contributed by atoms with Crippen molar-refractivity contribution in [3.8, 4) is 11.5 Å². The van der Waals surface area contributed by atoms with Gasteiger partial charge in [0.25, 0.3) is 0 Å². The van der Waals surface area contributed by atoms with Crippen molar-refractivity contribution < 1.29 is 18.8 Å². The van der Waals surface area contributed by atoms with E-state index in [0.29, 0.717) is 23.3 Å². The summed E-state index contributed by atoms with van der Waals surface area (Å²) in [5.74, 6) is 0.818. The van der Waals surface area contributed by atoms with Gasteiger partial charge in [-0.3, -0.25) is 0 Å². The Morgan fingerprint density at radius 3 is 2.71 bits per heavy atom. The van der Waals surface area contributed by atoms with E-state index in [1.165, 1.54) is 0 Å². The first kappa shape index (κ1) is 17.8. The minimum Gasteiger partial charge on any atom is -0.496 e. The van der Waals surface area contributed by atoms with E-state index in [4.69, 9.17) is 14.0 Å². The van der Waals surface area contributed by atoms with Crippen molar-refractivity contribution in [3.63, 3.8) is 0 Å². The van der Waals surface area contributed by atoms with Gasteiger partial charge in [0.2, 0.25) is 0 Å². The molecule has 5 heteroatoms. The van der Waals surface area contributed by atoms with Crippen molar-refractivity contribution in [2.75, 3.05) is 7.11 Å². The lowest BCUT2D eigenvalue weighted by Gasteiger charge is -2.06. The van der Waals surface area contributed by atoms with Gasteiger partial charge in [-0.2, -0.15) is 0 Å². The van der Waals surface area contributed by atoms with Crippen LogP contribution in [0.2, 0.25) is 0 Å². The molecule has 4 aromatic rings. The first-order chi connectivity index (χ1) is 13.6. The smallest absolute Gasteiger partial charge is 0.343 e. The predicted molar refractivity (Wildman–Crippen MR) is 106 cm³/mol. The van der Waals surface area contributed by atoms with Crippen molar-refractivity contribution in [1.82, 2.24) is 5.16 Å². The van der Waals surface area contributed by atoms with Gasteiger partial charge in [-0.15, -0.1) is 0 Å². The van der Waals surface area contributed by atoms with E-state index in [1.54, 1.807) is 31.4 Å². The van der Waals surface area contributed by atoms with Crippen molar-refractivity contribution >= 4 is 16.9 Å². The molecule has 0 amide bonds. The maximum atomic E-state index is 12.3. The Kier molecular flexibility index (Phi) is 4.81. The summed E-state index contributed by atoms with van der Waals surface area (Å²) in [4.78, 5) is 12.3. The lowest BCUT2D eigenvalue weighted by molar-refractivity contribution is 0.0735. The summed E-state index contributed by atoms with van der Waals surface area (Å²) < 4.78 is 16.3. The van der Waals surface area contributed by atoms with Gasteiger partial charge < -0.3 is 14.0 Å². The van der Waals surface area contributed by atoms with Crippen LogP contribution >= 0.6 is 0 Å². The molecule has 0 radical (unpaired) electrons. The lowest BCUT2D eigenvalue weighted by atomic mass is 10.1. The van der Waals surface area contributed by atoms with Crippen LogP contribution in [-0.4, -0.2) is 18.2 Å². The summed E-state index contributed by atoms with van der Waals surface area (Å²) in [5, 5.41) is 5.06. The van der Waals surface area contributed by atoms with Crippen LogP contribution in [-0.2, 0) is 6.42 Å². The number of aromatic nitrogens is 1. The zero-order valence-electron chi connectivity index (χ0n) is 15.6. The van der Waals surface area contributed by atoms with Gasteiger partial charge in [-0.05, 0) is 37.3 Å². The van der Waals surface area contributed by atoms with Crippen molar-refractivity contribution in [2.45, 2.75) is 13.3 Å². The number of rotatable bonds is 5. The third-order valence-electron chi connectivity index (χ3n) is 4.53. The second kappa shape index (κ2) is 7.56. The highest BCUT2D eigenvalue weighted by molar-refractivity contribution is 5.92. The molecular formula is C23H19NO4. The zero-order chi connectivity index (χ0) is 19.5. The maximum absolute atomic E-state index is 12.3. The minimum atomic E-state index is -0.406. The molecule has 3 aromatic carbocycles. The molecule has 4 rings (SSSR count). The number of esters is 1. The molecule has 0 aliphatic heterocycles. The monoisotopic (exact) mass is 373 g/mol. The van der Waals surface area contributed by atoms with Gasteiger partial charge in [0.1, 0.15) is 11.5 Å². The fraction of sp³-hybridized carbons (Fsp3) is 0.130. The largest absolute Gasteiger partial charge is 0.496 e. The van der Waals surface area contributed by atoms with Crippen LogP contribution in [0.5, 0.6) is 11.5 Å². The fourth-order valence-corrected chi connectivity index (χ4v) is 3.13. The number of ether oxygens (including phenoxy) is 2. The van der Waals surface area contributed by atoms with Crippen molar-refractivity contribution in [1.29, 1.82) is 0 Å². The van der Waals surface area contributed by atoms with Crippen LogP contribution in [0.25, 0.3) is 11.0 Å². The second-order valence-corrected chi connectivity index (χ2v) is 6.53. The van der Waals surface area contributed by atoms with Gasteiger partial charge in [0.15, 0.2) is 5.58 Å². The fourth-order valence-electron chi connectivity index (χ4n) is 3.13. The third kappa shape index (κ3) is 3.60. The van der Waals surface area contributed by atoms with Crippen LogP contribution in [0.3, 0.4) is 0 Å². The van der Waals surface area contributed by atoms with E-state index < -0.39 is 5.97 Å². The van der Waals surface area contributed by atoms with Gasteiger partial charge in [0, 0.05) is 23.4 Å². The minimum absolute atomic E-state index is 0.406. The lowest BCUT2D eigenvalue weighted by Crippen LogP contribution is -2.08. The highest BCUT2D eigenvalue weighted by Crippen LogP contribution is 2.28.